The van der Waals surface area contributed by atoms with Gasteiger partial charge in [-0.2, -0.15) is 0 Å². The smallest absolute Gasteiger partial charge is 0.414 e. The fourth-order valence-corrected chi connectivity index (χ4v) is 1.66. The van der Waals surface area contributed by atoms with Gasteiger partial charge < -0.3 is 15.8 Å². The molecule has 1 aliphatic rings. The van der Waals surface area contributed by atoms with Crippen LogP contribution in [0.1, 0.15) is 0 Å². The predicted octanol–water partition coefficient (Wildman–Crippen LogP) is 1.01. The Bertz CT molecular complexity index is 377. The van der Waals surface area contributed by atoms with Gasteiger partial charge in [-0.1, -0.05) is 0 Å². The fraction of sp³-hybridized carbons (Fsp3) is 0.364. The van der Waals surface area contributed by atoms with Crippen LogP contribution in [0.4, 0.5) is 16.2 Å². The van der Waals surface area contributed by atoms with Gasteiger partial charge in [0.1, 0.15) is 6.10 Å². The number of hydrogen-bond acceptors (Lipinski definition) is 4. The molecule has 3 N–H and O–H groups in total. The first kappa shape index (κ1) is 10.8. The minimum atomic E-state index is -0.326. The Morgan fingerprint density at radius 1 is 1.50 bits per heavy atom. The molecule has 1 aliphatic heterocycles. The van der Waals surface area contributed by atoms with E-state index in [0.717, 1.165) is 11.4 Å². The molecule has 0 saturated carbocycles. The SMILES string of the molecule is CNc1ccc(N2C[C@H](CN)OC2=O)cc1. The highest BCUT2D eigenvalue weighted by molar-refractivity contribution is 5.89. The molecule has 0 radical (unpaired) electrons. The molecule has 16 heavy (non-hydrogen) atoms. The molecule has 0 bridgehead atoms. The summed E-state index contributed by atoms with van der Waals surface area (Å²) in [7, 11) is 1.85. The van der Waals surface area contributed by atoms with E-state index >= 15 is 0 Å². The first-order valence-electron chi connectivity index (χ1n) is 5.20. The topological polar surface area (TPSA) is 67.6 Å². The summed E-state index contributed by atoms with van der Waals surface area (Å²) in [5.74, 6) is 0. The summed E-state index contributed by atoms with van der Waals surface area (Å²) in [6.45, 7) is 0.880. The Morgan fingerprint density at radius 2 is 2.19 bits per heavy atom. The number of anilines is 2. The van der Waals surface area contributed by atoms with Crippen LogP contribution in [-0.2, 0) is 4.74 Å². The Balaban J connectivity index is 2.15. The van der Waals surface area contributed by atoms with Gasteiger partial charge in [0.2, 0.25) is 0 Å². The molecule has 5 heteroatoms. The monoisotopic (exact) mass is 221 g/mol. The zero-order valence-corrected chi connectivity index (χ0v) is 9.14. The lowest BCUT2D eigenvalue weighted by molar-refractivity contribution is 0.145. The first-order valence-corrected chi connectivity index (χ1v) is 5.20. The number of carbonyl (C=O) groups excluding carboxylic acids is 1. The van der Waals surface area contributed by atoms with Crippen LogP contribution in [0.15, 0.2) is 24.3 Å². The fourth-order valence-electron chi connectivity index (χ4n) is 1.66. The lowest BCUT2D eigenvalue weighted by Gasteiger charge is -2.13. The zero-order valence-electron chi connectivity index (χ0n) is 9.14. The van der Waals surface area contributed by atoms with Crippen molar-refractivity contribution in [3.05, 3.63) is 24.3 Å². The summed E-state index contributed by atoms with van der Waals surface area (Å²) in [4.78, 5) is 13.1. The van der Waals surface area contributed by atoms with Crippen LogP contribution in [0, 0.1) is 0 Å². The number of amides is 1. The average molecular weight is 221 g/mol. The Hall–Kier alpha value is -1.75. The molecule has 1 aromatic carbocycles. The molecule has 0 spiro atoms. The summed E-state index contributed by atoms with van der Waals surface area (Å²) in [5, 5.41) is 3.02. The van der Waals surface area contributed by atoms with Crippen molar-refractivity contribution in [2.45, 2.75) is 6.10 Å². The molecule has 1 saturated heterocycles. The Labute approximate surface area is 94.2 Å². The van der Waals surface area contributed by atoms with Gasteiger partial charge in [0, 0.05) is 25.0 Å². The van der Waals surface area contributed by atoms with Crippen molar-refractivity contribution >= 4 is 17.5 Å². The number of nitrogens with one attached hydrogen (secondary N) is 1. The molecule has 2 rings (SSSR count). The van der Waals surface area contributed by atoms with Crippen molar-refractivity contribution in [1.82, 2.24) is 0 Å². The molecule has 86 valence electrons. The number of cyclic esters (lactones) is 1. The first-order chi connectivity index (χ1) is 7.74. The number of ether oxygens (including phenoxy) is 1. The number of hydrogen-bond donors (Lipinski definition) is 2. The van der Waals surface area contributed by atoms with E-state index in [0.29, 0.717) is 13.1 Å². The number of nitrogens with zero attached hydrogens (tertiary/aromatic N) is 1. The van der Waals surface area contributed by atoms with Gasteiger partial charge in [0.05, 0.1) is 6.54 Å². The zero-order chi connectivity index (χ0) is 11.5. The largest absolute Gasteiger partial charge is 0.443 e. The van der Waals surface area contributed by atoms with Crippen LogP contribution in [0.2, 0.25) is 0 Å². The van der Waals surface area contributed by atoms with E-state index in [1.807, 2.05) is 31.3 Å². The minimum absolute atomic E-state index is 0.198. The molecule has 1 aromatic rings. The lowest BCUT2D eigenvalue weighted by Crippen LogP contribution is -2.27. The lowest BCUT2D eigenvalue weighted by atomic mass is 10.2. The second-order valence-corrected chi connectivity index (χ2v) is 3.65. The standard InChI is InChI=1S/C11H15N3O2/c1-13-8-2-4-9(5-3-8)14-7-10(6-12)16-11(14)15/h2-5,10,13H,6-7,12H2,1H3/t10-/m0/s1. The maximum atomic E-state index is 11.5. The maximum absolute atomic E-state index is 11.5. The molecule has 5 nitrogen and oxygen atoms in total. The molecule has 0 unspecified atom stereocenters. The number of carbonyl (C=O) groups is 1. The van der Waals surface area contributed by atoms with Crippen LogP contribution >= 0.6 is 0 Å². The Morgan fingerprint density at radius 3 is 2.69 bits per heavy atom. The molecule has 1 fully saturated rings. The summed E-state index contributed by atoms with van der Waals surface area (Å²) in [5.41, 5.74) is 7.31. The van der Waals surface area contributed by atoms with Gasteiger partial charge in [-0.05, 0) is 24.3 Å². The third-order valence-corrected chi connectivity index (χ3v) is 2.60. The predicted molar refractivity (Wildman–Crippen MR) is 62.7 cm³/mol. The quantitative estimate of drug-likeness (QED) is 0.799. The highest BCUT2D eigenvalue weighted by atomic mass is 16.6. The van der Waals surface area contributed by atoms with Gasteiger partial charge in [-0.3, -0.25) is 4.90 Å². The second-order valence-electron chi connectivity index (χ2n) is 3.65. The number of nitrogens with two attached hydrogens (primary N) is 1. The third kappa shape index (κ3) is 1.94. The van der Waals surface area contributed by atoms with E-state index in [1.54, 1.807) is 4.90 Å². The normalized spacial score (nSPS) is 19.8. The van der Waals surface area contributed by atoms with E-state index in [2.05, 4.69) is 5.32 Å². The van der Waals surface area contributed by atoms with Crippen LogP contribution in [0.25, 0.3) is 0 Å². The number of rotatable bonds is 3. The van der Waals surface area contributed by atoms with Gasteiger partial charge in [0.25, 0.3) is 0 Å². The maximum Gasteiger partial charge on any atom is 0.414 e. The van der Waals surface area contributed by atoms with Crippen LogP contribution in [-0.4, -0.2) is 32.3 Å². The molecule has 0 aliphatic carbocycles. The highest BCUT2D eigenvalue weighted by Gasteiger charge is 2.31. The molecular weight excluding hydrogens is 206 g/mol. The summed E-state index contributed by atoms with van der Waals surface area (Å²) in [6, 6.07) is 7.59. The molecule has 1 amide bonds. The van der Waals surface area contributed by atoms with Gasteiger partial charge >= 0.3 is 6.09 Å². The van der Waals surface area contributed by atoms with Crippen molar-refractivity contribution in [1.29, 1.82) is 0 Å². The van der Waals surface area contributed by atoms with Gasteiger partial charge in [-0.15, -0.1) is 0 Å². The van der Waals surface area contributed by atoms with E-state index < -0.39 is 0 Å². The Kier molecular flexibility index (Phi) is 2.96. The number of benzene rings is 1. The second kappa shape index (κ2) is 4.40. The van der Waals surface area contributed by atoms with E-state index in [9.17, 15) is 4.79 Å². The highest BCUT2D eigenvalue weighted by Crippen LogP contribution is 2.22. The summed E-state index contributed by atoms with van der Waals surface area (Å²) >= 11 is 0. The molecule has 0 aromatic heterocycles. The van der Waals surface area contributed by atoms with Crippen molar-refractivity contribution in [3.63, 3.8) is 0 Å². The van der Waals surface area contributed by atoms with Gasteiger partial charge in [-0.25, -0.2) is 4.79 Å². The van der Waals surface area contributed by atoms with Crippen molar-refractivity contribution in [3.8, 4) is 0 Å². The van der Waals surface area contributed by atoms with Crippen molar-refractivity contribution in [2.24, 2.45) is 5.73 Å². The summed E-state index contributed by atoms with van der Waals surface area (Å²) < 4.78 is 5.08. The summed E-state index contributed by atoms with van der Waals surface area (Å²) in [6.07, 6.45) is -0.524. The van der Waals surface area contributed by atoms with E-state index in [1.165, 1.54) is 0 Å². The average Bonchev–Trinajstić information content (AvgIpc) is 2.71. The van der Waals surface area contributed by atoms with Gasteiger partial charge in [0.15, 0.2) is 0 Å². The minimum Gasteiger partial charge on any atom is -0.443 e. The third-order valence-electron chi connectivity index (χ3n) is 2.60. The van der Waals surface area contributed by atoms with Crippen molar-refractivity contribution < 1.29 is 9.53 Å². The van der Waals surface area contributed by atoms with Crippen LogP contribution in [0.5, 0.6) is 0 Å². The molecule has 1 heterocycles. The van der Waals surface area contributed by atoms with Crippen LogP contribution in [0.3, 0.4) is 0 Å². The van der Waals surface area contributed by atoms with Crippen molar-refractivity contribution in [2.75, 3.05) is 30.4 Å². The van der Waals surface area contributed by atoms with Crippen LogP contribution < -0.4 is 16.0 Å². The molecule has 1 atom stereocenters. The van der Waals surface area contributed by atoms with E-state index in [4.69, 9.17) is 10.5 Å². The molecular formula is C11H15N3O2. The van der Waals surface area contributed by atoms with E-state index in [-0.39, 0.29) is 12.2 Å².